The summed E-state index contributed by atoms with van der Waals surface area (Å²) in [6, 6.07) is 0. The molecular weight excluding hydrogens is 259 g/mol. The lowest BCUT2D eigenvalue weighted by Crippen LogP contribution is -2.32. The first-order valence-electron chi connectivity index (χ1n) is 3.51. The first kappa shape index (κ1) is 10.6. The molecule has 1 aromatic rings. The summed E-state index contributed by atoms with van der Waals surface area (Å²) in [6.07, 6.45) is 1.55. The fourth-order valence-electron chi connectivity index (χ4n) is 0.558. The van der Waals surface area contributed by atoms with Crippen LogP contribution in [0.25, 0.3) is 0 Å². The summed E-state index contributed by atoms with van der Waals surface area (Å²) in [5.41, 5.74) is -1.88. The van der Waals surface area contributed by atoms with Crippen molar-refractivity contribution in [3.05, 3.63) is 9.98 Å². The Kier molecular flexibility index (Phi) is 3.02. The monoisotopic (exact) mass is 266 g/mol. The van der Waals surface area contributed by atoms with Crippen molar-refractivity contribution in [1.82, 2.24) is 4.98 Å². The number of halogens is 2. The van der Waals surface area contributed by atoms with Crippen LogP contribution in [0, 0.1) is 0 Å². The molecule has 0 aliphatic carbocycles. The second kappa shape index (κ2) is 3.71. The minimum Gasteiger partial charge on any atom is -0.299 e. The Morgan fingerprint density at radius 3 is 2.77 bits per heavy atom. The predicted molar refractivity (Wildman–Crippen MR) is 53.6 cm³/mol. The summed E-state index contributed by atoms with van der Waals surface area (Å²) >= 11 is 4.42. The number of amides is 1. The van der Waals surface area contributed by atoms with Crippen molar-refractivity contribution in [2.75, 3.05) is 5.32 Å². The van der Waals surface area contributed by atoms with Gasteiger partial charge in [0.05, 0.1) is 9.98 Å². The van der Waals surface area contributed by atoms with Crippen molar-refractivity contribution in [1.29, 1.82) is 0 Å². The van der Waals surface area contributed by atoms with Crippen LogP contribution in [0.5, 0.6) is 0 Å². The Morgan fingerprint density at radius 2 is 2.38 bits per heavy atom. The van der Waals surface area contributed by atoms with Gasteiger partial charge >= 0.3 is 0 Å². The normalized spacial score (nSPS) is 11.4. The Labute approximate surface area is 87.5 Å². The van der Waals surface area contributed by atoms with E-state index in [0.717, 1.165) is 3.79 Å². The molecule has 1 N–H and O–H groups in total. The van der Waals surface area contributed by atoms with Gasteiger partial charge in [0.15, 0.2) is 10.8 Å². The quantitative estimate of drug-likeness (QED) is 0.894. The molecule has 0 unspecified atom stereocenters. The number of hydrogen-bond donors (Lipinski definition) is 1. The van der Waals surface area contributed by atoms with Crippen LogP contribution in [0.1, 0.15) is 13.8 Å². The largest absolute Gasteiger partial charge is 0.299 e. The number of nitrogens with one attached hydrogen (secondary N) is 1. The molecule has 0 aliphatic rings. The second-order valence-corrected chi connectivity index (χ2v) is 5.31. The van der Waals surface area contributed by atoms with Gasteiger partial charge < -0.3 is 0 Å². The van der Waals surface area contributed by atoms with Gasteiger partial charge in [-0.1, -0.05) is 11.3 Å². The summed E-state index contributed by atoms with van der Waals surface area (Å²) in [7, 11) is 0. The van der Waals surface area contributed by atoms with Crippen LogP contribution < -0.4 is 5.32 Å². The van der Waals surface area contributed by atoms with Crippen LogP contribution in [-0.2, 0) is 4.79 Å². The lowest BCUT2D eigenvalue weighted by Gasteiger charge is -2.11. The molecule has 0 aliphatic heterocycles. The van der Waals surface area contributed by atoms with E-state index in [0.29, 0.717) is 5.13 Å². The van der Waals surface area contributed by atoms with Crippen LogP contribution in [0.3, 0.4) is 0 Å². The standard InChI is InChI=1S/C7H8BrFN2OS/c1-7(2,9)5(12)11-6-10-3-4(8)13-6/h3H,1-2H3,(H,10,11,12). The Bertz CT molecular complexity index is 321. The van der Waals surface area contributed by atoms with E-state index in [1.165, 1.54) is 25.2 Å². The van der Waals surface area contributed by atoms with Gasteiger partial charge in [-0.05, 0) is 29.8 Å². The van der Waals surface area contributed by atoms with Crippen LogP contribution in [0.2, 0.25) is 0 Å². The highest BCUT2D eigenvalue weighted by Crippen LogP contribution is 2.24. The third kappa shape index (κ3) is 3.04. The molecule has 0 spiro atoms. The number of nitrogens with zero attached hydrogens (tertiary/aromatic N) is 1. The number of thiazole rings is 1. The van der Waals surface area contributed by atoms with Gasteiger partial charge in [-0.2, -0.15) is 0 Å². The summed E-state index contributed by atoms with van der Waals surface area (Å²) in [5, 5.41) is 2.76. The zero-order valence-corrected chi connectivity index (χ0v) is 9.50. The van der Waals surface area contributed by atoms with Gasteiger partial charge in [-0.15, -0.1) is 0 Å². The minimum atomic E-state index is -1.88. The lowest BCUT2D eigenvalue weighted by atomic mass is 10.1. The van der Waals surface area contributed by atoms with Gasteiger partial charge in [0.25, 0.3) is 5.91 Å². The van der Waals surface area contributed by atoms with Crippen LogP contribution >= 0.6 is 27.3 Å². The van der Waals surface area contributed by atoms with Crippen molar-refractivity contribution in [2.45, 2.75) is 19.5 Å². The molecule has 0 saturated heterocycles. The first-order valence-corrected chi connectivity index (χ1v) is 5.12. The van der Waals surface area contributed by atoms with Crippen LogP contribution in [0.15, 0.2) is 9.98 Å². The molecule has 0 aromatic carbocycles. The molecule has 72 valence electrons. The number of carbonyl (C=O) groups is 1. The SMILES string of the molecule is CC(C)(F)C(=O)Nc1ncc(Br)s1. The number of anilines is 1. The Hall–Kier alpha value is -0.490. The maximum atomic E-state index is 13.0. The lowest BCUT2D eigenvalue weighted by molar-refractivity contribution is -0.125. The van der Waals surface area contributed by atoms with E-state index in [2.05, 4.69) is 26.2 Å². The maximum Gasteiger partial charge on any atom is 0.263 e. The van der Waals surface area contributed by atoms with E-state index >= 15 is 0 Å². The third-order valence-electron chi connectivity index (χ3n) is 1.24. The maximum absolute atomic E-state index is 13.0. The predicted octanol–water partition coefficient (Wildman–Crippen LogP) is 2.59. The molecule has 1 rings (SSSR count). The van der Waals surface area contributed by atoms with Crippen LogP contribution in [0.4, 0.5) is 9.52 Å². The molecule has 1 amide bonds. The number of aromatic nitrogens is 1. The Morgan fingerprint density at radius 1 is 1.77 bits per heavy atom. The van der Waals surface area contributed by atoms with Gasteiger partial charge in [0, 0.05) is 0 Å². The number of carbonyl (C=O) groups excluding carboxylic acids is 1. The first-order chi connectivity index (χ1) is 5.89. The molecule has 3 nitrogen and oxygen atoms in total. The zero-order chi connectivity index (χ0) is 10.1. The third-order valence-corrected chi connectivity index (χ3v) is 2.63. The smallest absolute Gasteiger partial charge is 0.263 e. The number of rotatable bonds is 2. The van der Waals surface area contributed by atoms with E-state index in [9.17, 15) is 9.18 Å². The molecule has 6 heteroatoms. The molecule has 0 radical (unpaired) electrons. The summed E-state index contributed by atoms with van der Waals surface area (Å²) in [6.45, 7) is 2.40. The molecule has 0 bridgehead atoms. The van der Waals surface area contributed by atoms with Gasteiger partial charge in [0.2, 0.25) is 0 Å². The van der Waals surface area contributed by atoms with E-state index < -0.39 is 11.6 Å². The molecule has 13 heavy (non-hydrogen) atoms. The summed E-state index contributed by atoms with van der Waals surface area (Å²) in [4.78, 5) is 15.0. The fraction of sp³-hybridized carbons (Fsp3) is 0.429. The highest BCUT2D eigenvalue weighted by molar-refractivity contribution is 9.11. The fourth-order valence-corrected chi connectivity index (χ4v) is 1.66. The molecule has 0 saturated carbocycles. The molecule has 0 atom stereocenters. The van der Waals surface area contributed by atoms with Crippen molar-refractivity contribution in [3.63, 3.8) is 0 Å². The van der Waals surface area contributed by atoms with Gasteiger partial charge in [0.1, 0.15) is 0 Å². The van der Waals surface area contributed by atoms with E-state index in [1.54, 1.807) is 6.20 Å². The number of hydrogen-bond acceptors (Lipinski definition) is 3. The highest BCUT2D eigenvalue weighted by atomic mass is 79.9. The Balaban J connectivity index is 2.65. The average Bonchev–Trinajstić information content (AvgIpc) is 2.33. The minimum absolute atomic E-state index is 0.391. The highest BCUT2D eigenvalue weighted by Gasteiger charge is 2.27. The van der Waals surface area contributed by atoms with Crippen molar-refractivity contribution in [2.24, 2.45) is 0 Å². The van der Waals surface area contributed by atoms with E-state index in [4.69, 9.17) is 0 Å². The molecular formula is C7H8BrFN2OS. The number of alkyl halides is 1. The topological polar surface area (TPSA) is 42.0 Å². The van der Waals surface area contributed by atoms with Crippen LogP contribution in [-0.4, -0.2) is 16.6 Å². The van der Waals surface area contributed by atoms with Gasteiger partial charge in [-0.25, -0.2) is 9.37 Å². The molecule has 1 aromatic heterocycles. The molecule has 0 fully saturated rings. The average molecular weight is 267 g/mol. The summed E-state index contributed by atoms with van der Waals surface area (Å²) < 4.78 is 13.8. The van der Waals surface area contributed by atoms with Crippen molar-refractivity contribution in [3.8, 4) is 0 Å². The van der Waals surface area contributed by atoms with Crippen molar-refractivity contribution >= 4 is 38.3 Å². The van der Waals surface area contributed by atoms with E-state index in [-0.39, 0.29) is 0 Å². The zero-order valence-electron chi connectivity index (χ0n) is 7.10. The summed E-state index contributed by atoms with van der Waals surface area (Å²) in [5.74, 6) is -0.686. The van der Waals surface area contributed by atoms with Gasteiger partial charge in [-0.3, -0.25) is 10.1 Å². The second-order valence-electron chi connectivity index (χ2n) is 2.90. The van der Waals surface area contributed by atoms with E-state index in [1.807, 2.05) is 0 Å². The molecule has 1 heterocycles. The van der Waals surface area contributed by atoms with Crippen molar-refractivity contribution < 1.29 is 9.18 Å².